The summed E-state index contributed by atoms with van der Waals surface area (Å²) in [5.74, 6) is -6.00. The van der Waals surface area contributed by atoms with Crippen molar-refractivity contribution in [3.63, 3.8) is 0 Å². The van der Waals surface area contributed by atoms with Gasteiger partial charge in [-0.1, -0.05) is 178 Å². The number of aliphatic hydroxyl groups is 3. The summed E-state index contributed by atoms with van der Waals surface area (Å²) in [6.07, 6.45) is -8.59. The van der Waals surface area contributed by atoms with Crippen LogP contribution in [0.3, 0.4) is 0 Å². The van der Waals surface area contributed by atoms with Gasteiger partial charge in [-0.3, -0.25) is 24.0 Å². The maximum atomic E-state index is 15.0. The van der Waals surface area contributed by atoms with Gasteiger partial charge in [-0.2, -0.15) is 0 Å². The van der Waals surface area contributed by atoms with Crippen LogP contribution < -0.4 is 26.0 Å². The molecule has 1 saturated heterocycles. The molecule has 100 heavy (non-hydrogen) atoms. The van der Waals surface area contributed by atoms with Gasteiger partial charge in [-0.15, -0.1) is 0 Å². The average molecular weight is 1360 g/mol. The molecule has 22 nitrogen and oxygen atoms in total. The maximum Gasteiger partial charge on any atom is 0.407 e. The van der Waals surface area contributed by atoms with Crippen LogP contribution in [0, 0.1) is 5.92 Å². The lowest BCUT2D eigenvalue weighted by atomic mass is 9.72. The molecule has 8 aromatic rings. The fourth-order valence-corrected chi connectivity index (χ4v) is 14.0. The van der Waals surface area contributed by atoms with Gasteiger partial charge in [-0.25, -0.2) is 9.59 Å². The summed E-state index contributed by atoms with van der Waals surface area (Å²) in [5, 5.41) is 68.1. The molecule has 8 aromatic carbocycles. The average Bonchev–Trinajstić information content (AvgIpc) is 0.940. The molecule has 9 N–H and O–H groups in total. The second kappa shape index (κ2) is 29.5. The van der Waals surface area contributed by atoms with Crippen LogP contribution in [0.2, 0.25) is 0 Å². The predicted octanol–water partition coefficient (Wildman–Crippen LogP) is 9.35. The Bertz CT molecular complexity index is 4260. The van der Waals surface area contributed by atoms with Crippen molar-refractivity contribution in [3.05, 3.63) is 249 Å². The van der Waals surface area contributed by atoms with Crippen LogP contribution in [0.4, 0.5) is 15.3 Å². The Kier molecular flexibility index (Phi) is 20.4. The Hall–Kier alpha value is -10.6. The van der Waals surface area contributed by atoms with Crippen molar-refractivity contribution in [1.82, 2.24) is 16.0 Å². The number of rotatable bonds is 23. The Morgan fingerprint density at radius 2 is 1.24 bits per heavy atom. The lowest BCUT2D eigenvalue weighted by Crippen LogP contribution is -2.56. The number of methoxy groups -OCH3 is 1. The largest absolute Gasteiger partial charge is 0.507 e. The van der Waals surface area contributed by atoms with Gasteiger partial charge in [0.25, 0.3) is 0 Å². The lowest BCUT2D eigenvalue weighted by Gasteiger charge is -2.42. The molecule has 4 amide bonds. The molecular formula is C78H76N4O18. The number of phenolic OH excluding ortho intramolecular Hbond substituents is 2. The van der Waals surface area contributed by atoms with Gasteiger partial charge in [0.2, 0.25) is 17.6 Å². The topological polar surface area (TPSA) is 324 Å². The minimum Gasteiger partial charge on any atom is -0.507 e. The molecule has 1 heterocycles. The van der Waals surface area contributed by atoms with Crippen molar-refractivity contribution < 1.29 is 87.5 Å². The summed E-state index contributed by atoms with van der Waals surface area (Å²) in [4.78, 5) is 98.6. The molecule has 0 spiro atoms. The Morgan fingerprint density at radius 3 is 1.83 bits per heavy atom. The van der Waals surface area contributed by atoms with Crippen molar-refractivity contribution in [2.24, 2.45) is 5.92 Å². The normalized spacial score (nSPS) is 19.7. The Balaban J connectivity index is 0.719. The number of hydrogen-bond donors (Lipinski definition) is 9. The molecule has 22 heteroatoms. The standard InChI is InChI=1S/C78H76N4O18/c1-43(2)35-58(80-74(91)59(82-76(93)97-41-56-52-27-16-14-25-50(52)51-26-15-17-28-53(51)56)42-98-78(46-19-8-5-9-20-46,47-21-10-6-11-22-47)48-23-12-7-13-24-48)73(90)79-49-33-31-45(32-34-49)40-96-75(92)81-57-36-63(99-44(3)68(57)85)100-61-38-77(94,62(84)39-83)37-55-65(61)72(89)67-66(70(55)87)69(86)54-29-18-30-60(95-4)64(54)71(67)88/h5-34,43-44,56-59,61,63,68,83,85,87,89,94H,35-42H2,1-4H3,(H,79,90)(H,80,91)(H,81,92)(H,82,93)/t44-,57?,58-,59-,61?,63-,68+,77-/m0/s1. The van der Waals surface area contributed by atoms with Crippen LogP contribution in [0.5, 0.6) is 17.2 Å². The molecule has 4 aliphatic rings. The van der Waals surface area contributed by atoms with E-state index >= 15 is 4.79 Å². The third-order valence-electron chi connectivity index (χ3n) is 19.0. The van der Waals surface area contributed by atoms with E-state index in [0.29, 0.717) is 11.3 Å². The van der Waals surface area contributed by atoms with Crippen molar-refractivity contribution in [2.75, 3.05) is 32.2 Å². The van der Waals surface area contributed by atoms with E-state index in [4.69, 9.17) is 28.4 Å². The number of carbonyl (C=O) groups excluding carboxylic acids is 7. The van der Waals surface area contributed by atoms with E-state index in [0.717, 1.165) is 38.9 Å². The van der Waals surface area contributed by atoms with Gasteiger partial charge in [0, 0.05) is 47.6 Å². The highest BCUT2D eigenvalue weighted by molar-refractivity contribution is 6.31. The summed E-state index contributed by atoms with van der Waals surface area (Å²) in [6.45, 7) is 3.45. The number of alkyl carbamates (subject to hydrolysis) is 2. The summed E-state index contributed by atoms with van der Waals surface area (Å²) in [5.41, 5.74) is 1.46. The number of phenols is 2. The fraction of sp³-hybridized carbons (Fsp3) is 0.295. The van der Waals surface area contributed by atoms with Gasteiger partial charge in [0.15, 0.2) is 17.9 Å². The number of anilines is 1. The van der Waals surface area contributed by atoms with Crippen LogP contribution in [0.25, 0.3) is 11.1 Å². The molecular weight excluding hydrogens is 1280 g/mol. The number of nitrogens with one attached hydrogen (secondary N) is 4. The van der Waals surface area contributed by atoms with E-state index in [2.05, 4.69) is 21.3 Å². The third kappa shape index (κ3) is 13.8. The number of aliphatic hydroxyl groups excluding tert-OH is 2. The number of hydrogen-bond acceptors (Lipinski definition) is 18. The monoisotopic (exact) mass is 1360 g/mol. The van der Waals surface area contributed by atoms with E-state index in [1.807, 2.05) is 153 Å². The molecule has 0 bridgehead atoms. The van der Waals surface area contributed by atoms with Crippen molar-refractivity contribution in [3.8, 4) is 28.4 Å². The number of ether oxygens (including phenoxy) is 6. The zero-order valence-corrected chi connectivity index (χ0v) is 55.2. The molecule has 12 rings (SSSR count). The molecule has 1 aliphatic heterocycles. The molecule has 0 saturated carbocycles. The van der Waals surface area contributed by atoms with Crippen LogP contribution in [-0.2, 0) is 56.7 Å². The SMILES string of the molecule is COc1cccc2c1C(=O)c1c(O)c3c(c(O)c1C2=O)C[C@@](O)(C(=O)CO)CC3O[C@H]1CC(NC(=O)OCc2ccc(NC(=O)[C@H](CC(C)C)NC(=O)[C@H](COC(c3ccccc3)(c3ccccc3)c3ccccc3)NC(=O)OCC3c4ccccc4-c4ccccc43)cc2)[C@H](O)[C@H](C)O1. The first-order chi connectivity index (χ1) is 48.2. The first-order valence-electron chi connectivity index (χ1n) is 33.0. The van der Waals surface area contributed by atoms with Crippen LogP contribution >= 0.6 is 0 Å². The number of benzene rings is 8. The number of carbonyl (C=O) groups is 7. The van der Waals surface area contributed by atoms with Gasteiger partial charge in [0.1, 0.15) is 66.5 Å². The summed E-state index contributed by atoms with van der Waals surface area (Å²) < 4.78 is 36.4. The Labute approximate surface area is 576 Å². The molecule has 2 unspecified atom stereocenters. The second-order valence-electron chi connectivity index (χ2n) is 25.8. The highest BCUT2D eigenvalue weighted by atomic mass is 16.7. The zero-order chi connectivity index (χ0) is 70.6. The maximum absolute atomic E-state index is 15.0. The number of aromatic hydroxyl groups is 2. The van der Waals surface area contributed by atoms with Crippen molar-refractivity contribution in [2.45, 2.75) is 113 Å². The van der Waals surface area contributed by atoms with Gasteiger partial charge in [0.05, 0.1) is 48.7 Å². The lowest BCUT2D eigenvalue weighted by molar-refractivity contribution is -0.249. The van der Waals surface area contributed by atoms with Crippen LogP contribution in [-0.4, -0.2) is 136 Å². The van der Waals surface area contributed by atoms with Crippen LogP contribution in [0.1, 0.15) is 128 Å². The van der Waals surface area contributed by atoms with Crippen molar-refractivity contribution in [1.29, 1.82) is 0 Å². The molecule has 0 aromatic heterocycles. The first kappa shape index (κ1) is 69.3. The van der Waals surface area contributed by atoms with Crippen LogP contribution in [0.15, 0.2) is 182 Å². The third-order valence-corrected chi connectivity index (χ3v) is 19.0. The molecule has 516 valence electrons. The van der Waals surface area contributed by atoms with Gasteiger partial charge >= 0.3 is 12.2 Å². The quantitative estimate of drug-likeness (QED) is 0.0213. The van der Waals surface area contributed by atoms with E-state index in [1.165, 1.54) is 32.2 Å². The number of fused-ring (bicyclic) bond motifs is 6. The van der Waals surface area contributed by atoms with Gasteiger partial charge in [-0.05, 0) is 82.0 Å². The van der Waals surface area contributed by atoms with E-state index in [9.17, 15) is 54.3 Å². The fourth-order valence-electron chi connectivity index (χ4n) is 14.0. The smallest absolute Gasteiger partial charge is 0.407 e. The first-order valence-corrected chi connectivity index (χ1v) is 33.0. The van der Waals surface area contributed by atoms with Crippen molar-refractivity contribution >= 4 is 47.0 Å². The summed E-state index contributed by atoms with van der Waals surface area (Å²) in [6, 6.07) is 51.5. The number of amides is 4. The highest BCUT2D eigenvalue weighted by Crippen LogP contribution is 2.53. The minimum absolute atomic E-state index is 0.0269. The Morgan fingerprint density at radius 1 is 0.660 bits per heavy atom. The number of Topliss-reactive ketones (excluding diaryl/α,β-unsaturated/α-hetero) is 1. The van der Waals surface area contributed by atoms with E-state index < -0.39 is 144 Å². The predicted molar refractivity (Wildman–Crippen MR) is 364 cm³/mol. The minimum atomic E-state index is -2.42. The molecule has 8 atom stereocenters. The summed E-state index contributed by atoms with van der Waals surface area (Å²) in [7, 11) is 1.29. The highest BCUT2D eigenvalue weighted by Gasteiger charge is 2.51. The molecule has 0 radical (unpaired) electrons. The second-order valence-corrected chi connectivity index (χ2v) is 25.8. The molecule has 1 fully saturated rings. The number of ketones is 3. The van der Waals surface area contributed by atoms with Gasteiger partial charge < -0.3 is 75.2 Å². The van der Waals surface area contributed by atoms with E-state index in [-0.39, 0.29) is 65.9 Å². The molecule has 3 aliphatic carbocycles. The van der Waals surface area contributed by atoms with E-state index in [1.54, 1.807) is 24.3 Å². The zero-order valence-electron chi connectivity index (χ0n) is 55.2. The summed E-state index contributed by atoms with van der Waals surface area (Å²) >= 11 is 0.